The Hall–Kier alpha value is -0.120. The molecule has 3 nitrogen and oxygen atoms in total. The van der Waals surface area contributed by atoms with Gasteiger partial charge in [-0.25, -0.2) is 0 Å². The molecule has 2 N–H and O–H groups in total. The number of aliphatic hydroxyl groups is 1. The standard InChI is InChI=1S/C12H28N2O/c1-12(2)13-8-7-10-14(3)9-5-4-6-11-15/h12-13,15H,4-11H2,1-3H3. The van der Waals surface area contributed by atoms with E-state index in [1.165, 1.54) is 19.4 Å². The van der Waals surface area contributed by atoms with Crippen molar-refractivity contribution in [2.75, 3.05) is 33.3 Å². The second kappa shape index (κ2) is 10.4. The smallest absolute Gasteiger partial charge is 0.0431 e. The van der Waals surface area contributed by atoms with Gasteiger partial charge in [0, 0.05) is 12.6 Å². The van der Waals surface area contributed by atoms with Crippen molar-refractivity contribution in [3.05, 3.63) is 0 Å². The molecule has 92 valence electrons. The molecule has 0 saturated carbocycles. The fourth-order valence-electron chi connectivity index (χ4n) is 1.52. The first kappa shape index (κ1) is 14.9. The zero-order valence-electron chi connectivity index (χ0n) is 10.6. The van der Waals surface area contributed by atoms with Crippen LogP contribution < -0.4 is 5.32 Å². The highest BCUT2D eigenvalue weighted by Gasteiger charge is 1.98. The normalized spacial score (nSPS) is 11.6. The van der Waals surface area contributed by atoms with E-state index < -0.39 is 0 Å². The van der Waals surface area contributed by atoms with Crippen molar-refractivity contribution in [1.82, 2.24) is 10.2 Å². The van der Waals surface area contributed by atoms with E-state index in [-0.39, 0.29) is 0 Å². The second-order valence-corrected chi connectivity index (χ2v) is 4.55. The number of hydrogen-bond donors (Lipinski definition) is 2. The van der Waals surface area contributed by atoms with E-state index in [0.29, 0.717) is 12.6 Å². The zero-order chi connectivity index (χ0) is 11.5. The fourth-order valence-corrected chi connectivity index (χ4v) is 1.52. The molecule has 0 aliphatic carbocycles. The highest BCUT2D eigenvalue weighted by molar-refractivity contribution is 4.57. The number of hydrogen-bond acceptors (Lipinski definition) is 3. The molecule has 0 atom stereocenters. The Balaban J connectivity index is 3.15. The summed E-state index contributed by atoms with van der Waals surface area (Å²) >= 11 is 0. The number of unbranched alkanes of at least 4 members (excludes halogenated alkanes) is 2. The average molecular weight is 216 g/mol. The summed E-state index contributed by atoms with van der Waals surface area (Å²) in [4.78, 5) is 2.37. The van der Waals surface area contributed by atoms with Crippen LogP contribution in [-0.2, 0) is 0 Å². The molecular formula is C12H28N2O. The van der Waals surface area contributed by atoms with Crippen molar-refractivity contribution in [2.45, 2.75) is 45.6 Å². The van der Waals surface area contributed by atoms with Gasteiger partial charge in [0.15, 0.2) is 0 Å². The summed E-state index contributed by atoms with van der Waals surface area (Å²) in [6, 6.07) is 0.597. The van der Waals surface area contributed by atoms with Gasteiger partial charge in [0.1, 0.15) is 0 Å². The van der Waals surface area contributed by atoms with E-state index in [1.807, 2.05) is 0 Å². The van der Waals surface area contributed by atoms with Gasteiger partial charge in [-0.3, -0.25) is 0 Å². The molecule has 0 rings (SSSR count). The van der Waals surface area contributed by atoms with Crippen LogP contribution in [0.2, 0.25) is 0 Å². The lowest BCUT2D eigenvalue weighted by Crippen LogP contribution is -2.28. The Bertz CT molecular complexity index is 129. The van der Waals surface area contributed by atoms with Crippen molar-refractivity contribution in [3.63, 3.8) is 0 Å². The van der Waals surface area contributed by atoms with Crippen molar-refractivity contribution < 1.29 is 5.11 Å². The van der Waals surface area contributed by atoms with E-state index in [0.717, 1.165) is 25.9 Å². The lowest BCUT2D eigenvalue weighted by atomic mass is 10.2. The van der Waals surface area contributed by atoms with E-state index >= 15 is 0 Å². The summed E-state index contributed by atoms with van der Waals surface area (Å²) in [5.74, 6) is 0. The molecule has 0 aromatic heterocycles. The lowest BCUT2D eigenvalue weighted by Gasteiger charge is -2.17. The predicted octanol–water partition coefficient (Wildman–Crippen LogP) is 1.47. The van der Waals surface area contributed by atoms with Gasteiger partial charge in [-0.1, -0.05) is 13.8 Å². The Morgan fingerprint density at radius 1 is 1.07 bits per heavy atom. The third kappa shape index (κ3) is 11.8. The summed E-state index contributed by atoms with van der Waals surface area (Å²) in [6.45, 7) is 8.12. The summed E-state index contributed by atoms with van der Waals surface area (Å²) in [7, 11) is 2.17. The van der Waals surface area contributed by atoms with Crippen LogP contribution in [0, 0.1) is 0 Å². The van der Waals surface area contributed by atoms with E-state index in [2.05, 4.69) is 31.1 Å². The average Bonchev–Trinajstić information content (AvgIpc) is 2.19. The van der Waals surface area contributed by atoms with Crippen LogP contribution in [0.25, 0.3) is 0 Å². The van der Waals surface area contributed by atoms with Crippen LogP contribution in [0.1, 0.15) is 39.5 Å². The lowest BCUT2D eigenvalue weighted by molar-refractivity contribution is 0.271. The minimum atomic E-state index is 0.335. The second-order valence-electron chi connectivity index (χ2n) is 4.55. The monoisotopic (exact) mass is 216 g/mol. The van der Waals surface area contributed by atoms with Gasteiger partial charge >= 0.3 is 0 Å². The Morgan fingerprint density at radius 3 is 2.33 bits per heavy atom. The third-order valence-corrected chi connectivity index (χ3v) is 2.47. The quantitative estimate of drug-likeness (QED) is 0.543. The van der Waals surface area contributed by atoms with Crippen LogP contribution in [-0.4, -0.2) is 49.3 Å². The van der Waals surface area contributed by atoms with Crippen molar-refractivity contribution in [2.24, 2.45) is 0 Å². The summed E-state index contributed by atoms with van der Waals surface area (Å²) in [6.07, 6.45) is 4.51. The molecule has 0 fully saturated rings. The van der Waals surface area contributed by atoms with Gasteiger partial charge in [0.25, 0.3) is 0 Å². The topological polar surface area (TPSA) is 35.5 Å². The highest BCUT2D eigenvalue weighted by atomic mass is 16.2. The van der Waals surface area contributed by atoms with Crippen LogP contribution in [0.4, 0.5) is 0 Å². The van der Waals surface area contributed by atoms with E-state index in [4.69, 9.17) is 5.11 Å². The SMILES string of the molecule is CC(C)NCCCN(C)CCCCCO. The van der Waals surface area contributed by atoms with Gasteiger partial charge in [-0.2, -0.15) is 0 Å². The highest BCUT2D eigenvalue weighted by Crippen LogP contribution is 1.97. The summed E-state index contributed by atoms with van der Waals surface area (Å²) in [5, 5.41) is 12.1. The van der Waals surface area contributed by atoms with Crippen LogP contribution >= 0.6 is 0 Å². The molecule has 3 heteroatoms. The maximum absolute atomic E-state index is 8.63. The molecule has 0 aliphatic heterocycles. The Kier molecular flexibility index (Phi) is 10.3. The minimum Gasteiger partial charge on any atom is -0.396 e. The molecular weight excluding hydrogens is 188 g/mol. The van der Waals surface area contributed by atoms with Gasteiger partial charge in [-0.15, -0.1) is 0 Å². The first-order valence-corrected chi connectivity index (χ1v) is 6.19. The molecule has 0 aliphatic rings. The Labute approximate surface area is 94.9 Å². The van der Waals surface area contributed by atoms with Crippen LogP contribution in [0.3, 0.4) is 0 Å². The molecule has 0 aromatic carbocycles. The molecule has 15 heavy (non-hydrogen) atoms. The van der Waals surface area contributed by atoms with E-state index in [1.54, 1.807) is 0 Å². The van der Waals surface area contributed by atoms with Crippen molar-refractivity contribution >= 4 is 0 Å². The molecule has 0 heterocycles. The third-order valence-electron chi connectivity index (χ3n) is 2.47. The van der Waals surface area contributed by atoms with Crippen LogP contribution in [0.15, 0.2) is 0 Å². The van der Waals surface area contributed by atoms with Gasteiger partial charge < -0.3 is 15.3 Å². The maximum Gasteiger partial charge on any atom is 0.0431 e. The molecule has 0 spiro atoms. The van der Waals surface area contributed by atoms with Crippen molar-refractivity contribution in [1.29, 1.82) is 0 Å². The number of aliphatic hydroxyl groups excluding tert-OH is 1. The van der Waals surface area contributed by atoms with Gasteiger partial charge in [0.2, 0.25) is 0 Å². The molecule has 0 radical (unpaired) electrons. The molecule has 0 bridgehead atoms. The largest absolute Gasteiger partial charge is 0.396 e. The summed E-state index contributed by atoms with van der Waals surface area (Å²) in [5.41, 5.74) is 0. The number of nitrogens with one attached hydrogen (secondary N) is 1. The molecule has 0 amide bonds. The number of rotatable bonds is 10. The van der Waals surface area contributed by atoms with Crippen molar-refractivity contribution in [3.8, 4) is 0 Å². The number of nitrogens with zero attached hydrogens (tertiary/aromatic N) is 1. The zero-order valence-corrected chi connectivity index (χ0v) is 10.6. The van der Waals surface area contributed by atoms with Crippen LogP contribution in [0.5, 0.6) is 0 Å². The first-order chi connectivity index (χ1) is 7.16. The van der Waals surface area contributed by atoms with Gasteiger partial charge in [-0.05, 0) is 52.4 Å². The van der Waals surface area contributed by atoms with E-state index in [9.17, 15) is 0 Å². The maximum atomic E-state index is 8.63. The minimum absolute atomic E-state index is 0.335. The van der Waals surface area contributed by atoms with Gasteiger partial charge in [0.05, 0.1) is 0 Å². The molecule has 0 unspecified atom stereocenters. The summed E-state index contributed by atoms with van der Waals surface area (Å²) < 4.78 is 0. The fraction of sp³-hybridized carbons (Fsp3) is 1.00. The first-order valence-electron chi connectivity index (χ1n) is 6.19. The molecule has 0 aromatic rings. The molecule has 0 saturated heterocycles. The predicted molar refractivity (Wildman–Crippen MR) is 66.2 cm³/mol. The Morgan fingerprint density at radius 2 is 1.73 bits per heavy atom.